The highest BCUT2D eigenvalue weighted by Gasteiger charge is 2.44. The number of nitrogens with zero attached hydrogens (tertiary/aromatic N) is 4. The summed E-state index contributed by atoms with van der Waals surface area (Å²) in [4.78, 5) is 12.2. The molecule has 0 amide bonds. The van der Waals surface area contributed by atoms with E-state index in [2.05, 4.69) is 52.9 Å². The average Bonchev–Trinajstić information content (AvgIpc) is 3.36. The van der Waals surface area contributed by atoms with Crippen LogP contribution in [0.3, 0.4) is 0 Å². The number of imidazole rings is 1. The van der Waals surface area contributed by atoms with Crippen molar-refractivity contribution in [2.75, 3.05) is 11.4 Å². The average molecular weight is 356 g/mol. The molecule has 2 aliphatic heterocycles. The molecule has 1 aromatic carbocycles. The Morgan fingerprint density at radius 3 is 2.89 bits per heavy atom. The van der Waals surface area contributed by atoms with Crippen molar-refractivity contribution in [2.45, 2.75) is 50.9 Å². The first-order chi connectivity index (χ1) is 13.3. The van der Waals surface area contributed by atoms with Gasteiger partial charge >= 0.3 is 0 Å². The van der Waals surface area contributed by atoms with E-state index < -0.39 is 0 Å². The molecular weight excluding hydrogens is 332 g/mol. The van der Waals surface area contributed by atoms with Gasteiger partial charge in [0.05, 0.1) is 11.0 Å². The number of pyridine rings is 1. The lowest BCUT2D eigenvalue weighted by molar-refractivity contribution is 0.314. The number of aromatic nitrogens is 3. The highest BCUT2D eigenvalue weighted by molar-refractivity contribution is 5.87. The first-order valence-electron chi connectivity index (χ1n) is 10.2. The molecule has 0 saturated heterocycles. The molecule has 3 aromatic rings. The van der Waals surface area contributed by atoms with Crippen LogP contribution in [0.25, 0.3) is 17.2 Å². The third kappa shape index (κ3) is 2.10. The topological polar surface area (TPSA) is 34.0 Å². The Morgan fingerprint density at radius 1 is 1.11 bits per heavy atom. The van der Waals surface area contributed by atoms with E-state index in [1.807, 2.05) is 6.20 Å². The van der Waals surface area contributed by atoms with Gasteiger partial charge in [0, 0.05) is 42.0 Å². The van der Waals surface area contributed by atoms with Crippen molar-refractivity contribution < 1.29 is 0 Å². The van der Waals surface area contributed by atoms with Gasteiger partial charge in [-0.15, -0.1) is 0 Å². The Balaban J connectivity index is 1.51. The molecule has 0 bridgehead atoms. The predicted molar refractivity (Wildman–Crippen MR) is 110 cm³/mol. The van der Waals surface area contributed by atoms with Gasteiger partial charge in [-0.25, -0.2) is 9.97 Å². The zero-order valence-electron chi connectivity index (χ0n) is 15.8. The Kier molecular flexibility index (Phi) is 3.11. The number of benzene rings is 1. The maximum atomic E-state index is 4.88. The van der Waals surface area contributed by atoms with Crippen LogP contribution in [0.2, 0.25) is 0 Å². The minimum absolute atomic E-state index is 0.280. The quantitative estimate of drug-likeness (QED) is 0.607. The van der Waals surface area contributed by atoms with Crippen molar-refractivity contribution in [3.8, 4) is 0 Å². The normalized spacial score (nSPS) is 19.8. The van der Waals surface area contributed by atoms with Crippen LogP contribution in [-0.2, 0) is 11.8 Å². The fourth-order valence-electron chi connectivity index (χ4n) is 5.49. The second-order valence-corrected chi connectivity index (χ2v) is 8.42. The molecular formula is C23H24N4. The molecule has 2 aromatic heterocycles. The van der Waals surface area contributed by atoms with Crippen molar-refractivity contribution >= 4 is 28.7 Å². The second-order valence-electron chi connectivity index (χ2n) is 8.42. The SMILES string of the molecule is Cc1cc2c(cc1N1CC3(CCCCC3)c3cccnc31)nc1n2C=CC1. The number of allylic oxidation sites excluding steroid dienone is 1. The molecule has 0 atom stereocenters. The van der Waals surface area contributed by atoms with E-state index in [9.17, 15) is 0 Å². The summed E-state index contributed by atoms with van der Waals surface area (Å²) >= 11 is 0. The van der Waals surface area contributed by atoms with Crippen LogP contribution in [0, 0.1) is 6.92 Å². The molecule has 136 valence electrons. The van der Waals surface area contributed by atoms with Gasteiger partial charge in [0.1, 0.15) is 11.6 Å². The second kappa shape index (κ2) is 5.44. The van der Waals surface area contributed by atoms with Gasteiger partial charge in [-0.3, -0.25) is 0 Å². The van der Waals surface area contributed by atoms with E-state index in [1.54, 1.807) is 0 Å². The maximum Gasteiger partial charge on any atom is 0.136 e. The lowest BCUT2D eigenvalue weighted by Crippen LogP contribution is -2.33. The molecule has 3 aliphatic rings. The minimum Gasteiger partial charge on any atom is -0.325 e. The number of fused-ring (bicyclic) bond motifs is 5. The van der Waals surface area contributed by atoms with E-state index in [4.69, 9.17) is 9.97 Å². The summed E-state index contributed by atoms with van der Waals surface area (Å²) in [5.41, 5.74) is 6.62. The third-order valence-electron chi connectivity index (χ3n) is 6.81. The Bertz CT molecular complexity index is 1090. The molecule has 0 N–H and O–H groups in total. The first-order valence-corrected chi connectivity index (χ1v) is 10.2. The molecule has 4 heterocycles. The Hall–Kier alpha value is -2.62. The van der Waals surface area contributed by atoms with Crippen LogP contribution < -0.4 is 4.90 Å². The molecule has 1 spiro atoms. The van der Waals surface area contributed by atoms with Crippen LogP contribution >= 0.6 is 0 Å². The number of rotatable bonds is 1. The number of hydrogen-bond acceptors (Lipinski definition) is 3. The number of anilines is 2. The summed E-state index contributed by atoms with van der Waals surface area (Å²) in [5.74, 6) is 2.30. The van der Waals surface area contributed by atoms with Crippen molar-refractivity contribution in [1.29, 1.82) is 0 Å². The van der Waals surface area contributed by atoms with E-state index in [0.717, 1.165) is 30.1 Å². The van der Waals surface area contributed by atoms with Gasteiger partial charge in [0.25, 0.3) is 0 Å². The van der Waals surface area contributed by atoms with Crippen molar-refractivity contribution in [3.63, 3.8) is 0 Å². The molecule has 1 aliphatic carbocycles. The van der Waals surface area contributed by atoms with Crippen LogP contribution in [0.5, 0.6) is 0 Å². The Morgan fingerprint density at radius 2 is 2.00 bits per heavy atom. The van der Waals surface area contributed by atoms with Crippen molar-refractivity contribution in [3.05, 3.63) is 53.5 Å². The van der Waals surface area contributed by atoms with Crippen LogP contribution in [-0.4, -0.2) is 21.1 Å². The summed E-state index contributed by atoms with van der Waals surface area (Å²) in [6.07, 6.45) is 13.8. The maximum absolute atomic E-state index is 4.88. The molecule has 4 heteroatoms. The summed E-state index contributed by atoms with van der Waals surface area (Å²) in [6, 6.07) is 9.01. The zero-order valence-corrected chi connectivity index (χ0v) is 15.8. The highest BCUT2D eigenvalue weighted by Crippen LogP contribution is 2.51. The first kappa shape index (κ1) is 15.4. The summed E-state index contributed by atoms with van der Waals surface area (Å²) in [7, 11) is 0. The molecule has 0 unspecified atom stereocenters. The number of hydrogen-bond donors (Lipinski definition) is 0. The van der Waals surface area contributed by atoms with Crippen LogP contribution in [0.15, 0.2) is 36.5 Å². The molecule has 1 fully saturated rings. The van der Waals surface area contributed by atoms with Crippen molar-refractivity contribution in [2.24, 2.45) is 0 Å². The van der Waals surface area contributed by atoms with Crippen molar-refractivity contribution in [1.82, 2.24) is 14.5 Å². The smallest absolute Gasteiger partial charge is 0.136 e. The fourth-order valence-corrected chi connectivity index (χ4v) is 5.49. The predicted octanol–water partition coefficient (Wildman–Crippen LogP) is 5.12. The van der Waals surface area contributed by atoms with E-state index in [1.165, 1.54) is 54.4 Å². The zero-order chi connectivity index (χ0) is 18.0. The lowest BCUT2D eigenvalue weighted by Gasteiger charge is -2.34. The van der Waals surface area contributed by atoms with Crippen LogP contribution in [0.1, 0.15) is 49.1 Å². The third-order valence-corrected chi connectivity index (χ3v) is 6.81. The minimum atomic E-state index is 0.280. The summed E-state index contributed by atoms with van der Waals surface area (Å²) in [6.45, 7) is 3.28. The highest BCUT2D eigenvalue weighted by atomic mass is 15.2. The van der Waals surface area contributed by atoms with Gasteiger partial charge in [0.15, 0.2) is 0 Å². The van der Waals surface area contributed by atoms with Gasteiger partial charge < -0.3 is 9.47 Å². The van der Waals surface area contributed by atoms with Gasteiger partial charge in [0.2, 0.25) is 0 Å². The van der Waals surface area contributed by atoms with Gasteiger partial charge in [-0.2, -0.15) is 0 Å². The molecule has 1 saturated carbocycles. The molecule has 27 heavy (non-hydrogen) atoms. The van der Waals surface area contributed by atoms with Crippen LogP contribution in [0.4, 0.5) is 11.5 Å². The van der Waals surface area contributed by atoms with Gasteiger partial charge in [-0.1, -0.05) is 31.4 Å². The number of aryl methyl sites for hydroxylation is 1. The lowest BCUT2D eigenvalue weighted by atomic mass is 9.71. The summed E-state index contributed by atoms with van der Waals surface area (Å²) in [5, 5.41) is 0. The summed E-state index contributed by atoms with van der Waals surface area (Å²) < 4.78 is 2.23. The standard InChI is InChI=1S/C23H24N4/c1-16-13-20-18(25-21-8-6-12-26(20)21)14-19(16)27-15-23(9-3-2-4-10-23)17-7-5-11-24-22(17)27/h5-7,11-14H,2-4,8-10,15H2,1H3. The monoisotopic (exact) mass is 356 g/mol. The molecule has 4 nitrogen and oxygen atoms in total. The van der Waals surface area contributed by atoms with E-state index >= 15 is 0 Å². The molecule has 0 radical (unpaired) electrons. The van der Waals surface area contributed by atoms with Gasteiger partial charge in [-0.05, 0) is 43.5 Å². The fraction of sp³-hybridized carbons (Fsp3) is 0.391. The van der Waals surface area contributed by atoms with E-state index in [0.29, 0.717) is 0 Å². The Labute approximate surface area is 159 Å². The van der Waals surface area contributed by atoms with E-state index in [-0.39, 0.29) is 5.41 Å². The molecule has 6 rings (SSSR count). The largest absolute Gasteiger partial charge is 0.325 e.